The second-order valence-corrected chi connectivity index (χ2v) is 23.5. The normalized spacial score (nSPS) is 12.1. The fraction of sp³-hybridized carbons (Fsp3) is 0.389. The Bertz CT molecular complexity index is 3880. The lowest BCUT2D eigenvalue weighted by Gasteiger charge is -2.31. The number of hydrogen-bond acceptors (Lipinski definition) is 1. The fourth-order valence-electron chi connectivity index (χ4n) is 14.2. The van der Waals surface area contributed by atoms with Crippen LogP contribution in [0.15, 0.2) is 4.42 Å². The van der Waals surface area contributed by atoms with E-state index in [0.29, 0.717) is 0 Å². The first-order chi connectivity index (χ1) is 34.0. The van der Waals surface area contributed by atoms with Gasteiger partial charge in [-0.05, 0) is 416 Å². The highest BCUT2D eigenvalue weighted by molar-refractivity contribution is 6.30. The summed E-state index contributed by atoms with van der Waals surface area (Å²) in [4.78, 5) is 0. The maximum Gasteiger partial charge on any atom is 0.139 e. The molecule has 0 unspecified atom stereocenters. The van der Waals surface area contributed by atoms with Crippen molar-refractivity contribution in [2.24, 2.45) is 0 Å². The van der Waals surface area contributed by atoms with Crippen LogP contribution in [0.2, 0.25) is 0 Å². The molecule has 0 radical (unpaired) electrons. The van der Waals surface area contributed by atoms with Crippen LogP contribution in [0.1, 0.15) is 156 Å². The van der Waals surface area contributed by atoms with Gasteiger partial charge in [-0.25, -0.2) is 0 Å². The lowest BCUT2D eigenvalue weighted by molar-refractivity contribution is 0.661. The molecule has 0 saturated heterocycles. The number of aryl methyl sites for hydroxylation is 7. The van der Waals surface area contributed by atoms with E-state index in [1.807, 2.05) is 0 Å². The molecule has 0 aliphatic heterocycles. The van der Waals surface area contributed by atoms with Crippen molar-refractivity contribution >= 4 is 43.5 Å². The molecule has 1 nitrogen and oxygen atoms in total. The average Bonchev–Trinajstić information content (AvgIpc) is 3.76. The van der Waals surface area contributed by atoms with Crippen LogP contribution in [0.25, 0.3) is 88.0 Å². The topological polar surface area (TPSA) is 13.1 Å². The van der Waals surface area contributed by atoms with Gasteiger partial charge in [0.25, 0.3) is 0 Å². The van der Waals surface area contributed by atoms with Gasteiger partial charge in [0.15, 0.2) is 0 Å². The number of benzene rings is 8. The van der Waals surface area contributed by atoms with Gasteiger partial charge in [-0.3, -0.25) is 0 Å². The molecule has 8 aromatic carbocycles. The quantitative estimate of drug-likeness (QED) is 0.160. The zero-order valence-corrected chi connectivity index (χ0v) is 50.4. The molecule has 0 fully saturated rings. The smallest absolute Gasteiger partial charge is 0.139 e. The SMILES string of the molecule is Cc1c(C)c(C)c(-c2c(C)c(C)c(-c3c(C)c(C)c(-c4c5c(C)c(C)c(C)c(C)c5c(-c5c(C)c(C)c(C)c6oc7c(C)c(C)c(C)c(C)c7c56)c5c(C)c(C)c(C)c(C)c45)c(C)c3C)c(C)c2C)c(C)c1C. The highest BCUT2D eigenvalue weighted by Gasteiger charge is 2.33. The number of rotatable bonds is 4. The van der Waals surface area contributed by atoms with Crippen LogP contribution in [0.5, 0.6) is 0 Å². The van der Waals surface area contributed by atoms with Gasteiger partial charge in [0, 0.05) is 10.8 Å². The van der Waals surface area contributed by atoms with Crippen LogP contribution < -0.4 is 0 Å². The zero-order valence-electron chi connectivity index (χ0n) is 50.4. The Kier molecular flexibility index (Phi) is 12.3. The maximum absolute atomic E-state index is 7.23. The van der Waals surface area contributed by atoms with E-state index in [2.05, 4.69) is 194 Å². The minimum Gasteiger partial charge on any atom is -0.455 e. The summed E-state index contributed by atoms with van der Waals surface area (Å²) in [6.45, 7) is 66.1. The van der Waals surface area contributed by atoms with E-state index in [9.17, 15) is 0 Å². The summed E-state index contributed by atoms with van der Waals surface area (Å²) < 4.78 is 7.23. The monoisotopic (exact) mass is 965 g/mol. The van der Waals surface area contributed by atoms with Crippen molar-refractivity contribution in [2.75, 3.05) is 0 Å². The standard InChI is InChI=1S/C72H84O/c1-29-30(2)39(11)57(40(12)31(29)3)58-47(19)49(21)59(50(22)48(58)20)60-51(23)53(25)61(54(26)52(60)24)68-62-41(13)32(4)34(6)43(15)64(62)69(65-44(16)35(7)33(5)42(14)63(65)68)66-45(17)38(10)56(28)72-70(66)67-46(18)36(8)37(9)55(27)71(67)73-72/h1-28H3. The van der Waals surface area contributed by atoms with Crippen molar-refractivity contribution in [3.63, 3.8) is 0 Å². The van der Waals surface area contributed by atoms with Crippen molar-refractivity contribution in [1.82, 2.24) is 0 Å². The van der Waals surface area contributed by atoms with Crippen molar-refractivity contribution in [3.05, 3.63) is 156 Å². The summed E-state index contributed by atoms with van der Waals surface area (Å²) in [6, 6.07) is 0. The number of furan rings is 1. The first kappa shape index (κ1) is 52.0. The van der Waals surface area contributed by atoms with Crippen LogP contribution in [0, 0.1) is 194 Å². The summed E-state index contributed by atoms with van der Waals surface area (Å²) in [5, 5.41) is 8.08. The van der Waals surface area contributed by atoms with E-state index < -0.39 is 0 Å². The van der Waals surface area contributed by atoms with Crippen molar-refractivity contribution < 1.29 is 4.42 Å². The third kappa shape index (κ3) is 6.64. The van der Waals surface area contributed by atoms with E-state index in [-0.39, 0.29) is 0 Å². The largest absolute Gasteiger partial charge is 0.455 e. The van der Waals surface area contributed by atoms with Gasteiger partial charge < -0.3 is 4.42 Å². The predicted molar refractivity (Wildman–Crippen MR) is 323 cm³/mol. The van der Waals surface area contributed by atoms with E-state index in [1.165, 1.54) is 233 Å². The highest BCUT2D eigenvalue weighted by atomic mass is 16.3. The lowest BCUT2D eigenvalue weighted by atomic mass is 9.72. The molecule has 73 heavy (non-hydrogen) atoms. The molecule has 0 spiro atoms. The maximum atomic E-state index is 7.23. The molecule has 0 bridgehead atoms. The summed E-state index contributed by atoms with van der Waals surface area (Å²) >= 11 is 0. The van der Waals surface area contributed by atoms with Crippen molar-refractivity contribution in [3.8, 4) is 44.5 Å². The predicted octanol–water partition coefficient (Wildman–Crippen LogP) is 21.2. The molecule has 1 heterocycles. The molecule has 0 atom stereocenters. The Morgan fingerprint density at radius 3 is 0.589 bits per heavy atom. The lowest BCUT2D eigenvalue weighted by Crippen LogP contribution is -2.09. The molecule has 378 valence electrons. The van der Waals surface area contributed by atoms with Gasteiger partial charge in [-0.15, -0.1) is 0 Å². The van der Waals surface area contributed by atoms with E-state index >= 15 is 0 Å². The molecule has 9 aromatic rings. The molecular formula is C72H84O. The molecular weight excluding hydrogens is 881 g/mol. The molecule has 9 rings (SSSR count). The van der Waals surface area contributed by atoms with Gasteiger partial charge in [-0.1, -0.05) is 0 Å². The van der Waals surface area contributed by atoms with Crippen LogP contribution in [-0.2, 0) is 0 Å². The van der Waals surface area contributed by atoms with Crippen molar-refractivity contribution in [2.45, 2.75) is 194 Å². The summed E-state index contributed by atoms with van der Waals surface area (Å²) in [5.41, 5.74) is 51.4. The Balaban J connectivity index is 1.51. The zero-order chi connectivity index (χ0) is 54.1. The summed E-state index contributed by atoms with van der Waals surface area (Å²) in [5.74, 6) is 0. The first-order valence-electron chi connectivity index (χ1n) is 27.2. The van der Waals surface area contributed by atoms with Crippen LogP contribution >= 0.6 is 0 Å². The van der Waals surface area contributed by atoms with Gasteiger partial charge in [0.05, 0.1) is 0 Å². The summed E-state index contributed by atoms with van der Waals surface area (Å²) in [6.07, 6.45) is 0. The Hall–Kier alpha value is -5.92. The Morgan fingerprint density at radius 2 is 0.288 bits per heavy atom. The fourth-order valence-corrected chi connectivity index (χ4v) is 14.2. The molecule has 0 aliphatic rings. The molecule has 0 amide bonds. The molecule has 0 saturated carbocycles. The van der Waals surface area contributed by atoms with Crippen LogP contribution in [-0.4, -0.2) is 0 Å². The average molecular weight is 965 g/mol. The third-order valence-electron chi connectivity index (χ3n) is 21.0. The highest BCUT2D eigenvalue weighted by Crippen LogP contribution is 2.57. The number of fused-ring (bicyclic) bond motifs is 5. The third-order valence-corrected chi connectivity index (χ3v) is 21.0. The van der Waals surface area contributed by atoms with Gasteiger partial charge in [0.1, 0.15) is 11.2 Å². The first-order valence-corrected chi connectivity index (χ1v) is 27.2. The Labute approximate surface area is 439 Å². The van der Waals surface area contributed by atoms with E-state index in [1.54, 1.807) is 0 Å². The van der Waals surface area contributed by atoms with E-state index in [4.69, 9.17) is 4.42 Å². The minimum absolute atomic E-state index is 1.03. The molecule has 1 aromatic heterocycles. The van der Waals surface area contributed by atoms with Crippen LogP contribution in [0.4, 0.5) is 0 Å². The van der Waals surface area contributed by atoms with Crippen LogP contribution in [0.3, 0.4) is 0 Å². The second-order valence-electron chi connectivity index (χ2n) is 23.5. The second kappa shape index (κ2) is 17.3. The van der Waals surface area contributed by atoms with Gasteiger partial charge >= 0.3 is 0 Å². The molecule has 1 heteroatoms. The Morgan fingerprint density at radius 1 is 0.123 bits per heavy atom. The number of hydrogen-bond donors (Lipinski definition) is 0. The minimum atomic E-state index is 1.03. The van der Waals surface area contributed by atoms with Crippen molar-refractivity contribution in [1.29, 1.82) is 0 Å². The van der Waals surface area contributed by atoms with Gasteiger partial charge in [-0.2, -0.15) is 0 Å². The van der Waals surface area contributed by atoms with E-state index in [0.717, 1.165) is 11.2 Å². The molecule has 0 N–H and O–H groups in total. The molecule has 0 aliphatic carbocycles. The van der Waals surface area contributed by atoms with Gasteiger partial charge in [0.2, 0.25) is 0 Å². The summed E-state index contributed by atoms with van der Waals surface area (Å²) in [7, 11) is 0.